The summed E-state index contributed by atoms with van der Waals surface area (Å²) in [6.45, 7) is -0.997. The molecule has 2 amide bonds. The summed E-state index contributed by atoms with van der Waals surface area (Å²) in [5, 5.41) is 5.45. The smallest absolute Gasteiger partial charge is 0.325 e. The topological polar surface area (TPSA) is 111 Å². The molecule has 0 heterocycles. The van der Waals surface area contributed by atoms with Gasteiger partial charge >= 0.3 is 5.97 Å². The number of esters is 1. The second-order valence-corrected chi connectivity index (χ2v) is 7.86. The van der Waals surface area contributed by atoms with Gasteiger partial charge < -0.3 is 20.1 Å². The van der Waals surface area contributed by atoms with Crippen LogP contribution in [0.2, 0.25) is 5.02 Å². The summed E-state index contributed by atoms with van der Waals surface area (Å²) in [5.41, 5.74) is 1.22. The first-order chi connectivity index (χ1) is 17.4. The zero-order valence-electron chi connectivity index (χ0n) is 19.3. The van der Waals surface area contributed by atoms with Crippen LogP contribution in [-0.4, -0.2) is 43.8 Å². The molecule has 0 aliphatic rings. The van der Waals surface area contributed by atoms with Crippen LogP contribution in [0.15, 0.2) is 84.6 Å². The van der Waals surface area contributed by atoms with Crippen LogP contribution in [0, 0.1) is 0 Å². The number of hydrogen-bond acceptors (Lipinski definition) is 6. The van der Waals surface area contributed by atoms with Crippen molar-refractivity contribution in [3.63, 3.8) is 0 Å². The molecule has 0 saturated heterocycles. The van der Waals surface area contributed by atoms with Gasteiger partial charge in [-0.2, -0.15) is 0 Å². The molecule has 3 aromatic rings. The molecule has 0 spiro atoms. The number of halogens is 1. The number of methoxy groups -OCH3 is 1. The van der Waals surface area contributed by atoms with E-state index >= 15 is 0 Å². The van der Waals surface area contributed by atoms with Crippen molar-refractivity contribution in [2.75, 3.05) is 20.3 Å². The standard InChI is InChI=1S/C27H23ClN2O6/c1-35-22-13-7-18(8-14-22)15-23(30-26(33)20-5-3-2-4-6-20)27(34)29-16-25(32)36-17-24(31)19-9-11-21(28)12-10-19/h2-15H,16-17H2,1H3,(H,29,34)(H,30,33). The third-order valence-electron chi connectivity index (χ3n) is 4.88. The number of nitrogens with one attached hydrogen (secondary N) is 2. The molecule has 0 aliphatic carbocycles. The fourth-order valence-corrected chi connectivity index (χ4v) is 3.10. The van der Waals surface area contributed by atoms with Crippen LogP contribution in [0.25, 0.3) is 6.08 Å². The molecule has 3 aromatic carbocycles. The van der Waals surface area contributed by atoms with E-state index < -0.39 is 36.7 Å². The van der Waals surface area contributed by atoms with E-state index in [2.05, 4.69) is 10.6 Å². The molecule has 2 N–H and O–H groups in total. The molecule has 0 aliphatic heterocycles. The Kier molecular flexibility index (Phi) is 9.36. The molecule has 0 bridgehead atoms. The predicted octanol–water partition coefficient (Wildman–Crippen LogP) is 3.66. The van der Waals surface area contributed by atoms with E-state index in [1.54, 1.807) is 66.7 Å². The number of rotatable bonds is 10. The Balaban J connectivity index is 1.64. The van der Waals surface area contributed by atoms with Gasteiger partial charge in [0, 0.05) is 16.1 Å². The molecule has 0 fully saturated rings. The maximum atomic E-state index is 12.8. The molecule has 36 heavy (non-hydrogen) atoms. The molecule has 0 radical (unpaired) electrons. The molecule has 0 aromatic heterocycles. The fraction of sp³-hybridized carbons (Fsp3) is 0.111. The highest BCUT2D eigenvalue weighted by atomic mass is 35.5. The number of benzene rings is 3. The average molecular weight is 507 g/mol. The van der Waals surface area contributed by atoms with Crippen molar-refractivity contribution in [2.45, 2.75) is 0 Å². The molecule has 8 nitrogen and oxygen atoms in total. The van der Waals surface area contributed by atoms with Crippen LogP contribution in [0.4, 0.5) is 0 Å². The summed E-state index contributed by atoms with van der Waals surface area (Å²) in [5.74, 6) is -1.81. The SMILES string of the molecule is COc1ccc(C=C(NC(=O)c2ccccc2)C(=O)NCC(=O)OCC(=O)c2ccc(Cl)cc2)cc1. The van der Waals surface area contributed by atoms with Gasteiger partial charge in [-0.25, -0.2) is 0 Å². The second-order valence-electron chi connectivity index (χ2n) is 7.42. The molecule has 3 rings (SSSR count). The highest BCUT2D eigenvalue weighted by Crippen LogP contribution is 2.14. The van der Waals surface area contributed by atoms with Gasteiger partial charge in [0.2, 0.25) is 0 Å². The summed E-state index contributed by atoms with van der Waals surface area (Å²) in [7, 11) is 1.53. The van der Waals surface area contributed by atoms with E-state index in [0.29, 0.717) is 27.5 Å². The Hall–Kier alpha value is -4.43. The van der Waals surface area contributed by atoms with Gasteiger partial charge in [0.1, 0.15) is 18.0 Å². The molecular formula is C27H23ClN2O6. The number of amides is 2. The van der Waals surface area contributed by atoms with E-state index in [0.717, 1.165) is 0 Å². The van der Waals surface area contributed by atoms with E-state index in [4.69, 9.17) is 21.1 Å². The van der Waals surface area contributed by atoms with Gasteiger partial charge in [-0.1, -0.05) is 41.9 Å². The zero-order chi connectivity index (χ0) is 25.9. The Morgan fingerprint density at radius 2 is 1.53 bits per heavy atom. The highest BCUT2D eigenvalue weighted by molar-refractivity contribution is 6.30. The van der Waals surface area contributed by atoms with Crippen LogP contribution in [0.1, 0.15) is 26.3 Å². The Morgan fingerprint density at radius 3 is 2.17 bits per heavy atom. The third kappa shape index (κ3) is 7.82. The number of ketones is 1. The maximum Gasteiger partial charge on any atom is 0.325 e. The van der Waals surface area contributed by atoms with E-state index in [1.165, 1.54) is 25.3 Å². The lowest BCUT2D eigenvalue weighted by atomic mass is 10.1. The van der Waals surface area contributed by atoms with Gasteiger partial charge in [0.15, 0.2) is 12.4 Å². The third-order valence-corrected chi connectivity index (χ3v) is 5.13. The van der Waals surface area contributed by atoms with E-state index in [-0.39, 0.29) is 5.70 Å². The number of Topliss-reactive ketones (excluding diaryl/α,β-unsaturated/α-hetero) is 1. The van der Waals surface area contributed by atoms with Crippen molar-refractivity contribution in [1.29, 1.82) is 0 Å². The van der Waals surface area contributed by atoms with Crippen LogP contribution in [0.5, 0.6) is 5.75 Å². The van der Waals surface area contributed by atoms with Crippen molar-refractivity contribution in [2.24, 2.45) is 0 Å². The van der Waals surface area contributed by atoms with Crippen LogP contribution in [0.3, 0.4) is 0 Å². The van der Waals surface area contributed by atoms with Crippen molar-refractivity contribution in [3.8, 4) is 5.75 Å². The molecule has 0 unspecified atom stereocenters. The Labute approximate surface area is 212 Å². The molecule has 0 saturated carbocycles. The summed E-state index contributed by atoms with van der Waals surface area (Å²) >= 11 is 5.80. The molecular weight excluding hydrogens is 484 g/mol. The predicted molar refractivity (Wildman–Crippen MR) is 135 cm³/mol. The van der Waals surface area contributed by atoms with Gasteiger partial charge in [-0.15, -0.1) is 0 Å². The number of carbonyl (C=O) groups is 4. The lowest BCUT2D eigenvalue weighted by Crippen LogP contribution is -2.38. The van der Waals surface area contributed by atoms with Gasteiger partial charge in [-0.05, 0) is 60.2 Å². The number of hydrogen-bond donors (Lipinski definition) is 2. The molecule has 9 heteroatoms. The van der Waals surface area contributed by atoms with Crippen LogP contribution >= 0.6 is 11.6 Å². The number of ether oxygens (including phenoxy) is 2. The van der Waals surface area contributed by atoms with E-state index in [1.807, 2.05) is 0 Å². The normalized spacial score (nSPS) is 10.8. The minimum absolute atomic E-state index is 0.0842. The minimum atomic E-state index is -0.816. The van der Waals surface area contributed by atoms with E-state index in [9.17, 15) is 19.2 Å². The lowest BCUT2D eigenvalue weighted by molar-refractivity contribution is -0.142. The minimum Gasteiger partial charge on any atom is -0.497 e. The van der Waals surface area contributed by atoms with Gasteiger partial charge in [-0.3, -0.25) is 19.2 Å². The molecule has 0 atom stereocenters. The Bertz CT molecular complexity index is 1260. The largest absolute Gasteiger partial charge is 0.497 e. The average Bonchev–Trinajstić information content (AvgIpc) is 2.91. The van der Waals surface area contributed by atoms with Gasteiger partial charge in [0.25, 0.3) is 11.8 Å². The second kappa shape index (κ2) is 12.9. The van der Waals surface area contributed by atoms with Crippen LogP contribution in [-0.2, 0) is 14.3 Å². The first-order valence-corrected chi connectivity index (χ1v) is 11.2. The summed E-state index contributed by atoms with van der Waals surface area (Å²) in [6, 6.07) is 21.3. The van der Waals surface area contributed by atoms with Crippen molar-refractivity contribution < 1.29 is 28.7 Å². The monoisotopic (exact) mass is 506 g/mol. The maximum absolute atomic E-state index is 12.8. The van der Waals surface area contributed by atoms with Crippen LogP contribution < -0.4 is 15.4 Å². The summed E-state index contributed by atoms with van der Waals surface area (Å²) in [4.78, 5) is 49.7. The number of carbonyl (C=O) groups excluding carboxylic acids is 4. The zero-order valence-corrected chi connectivity index (χ0v) is 20.1. The summed E-state index contributed by atoms with van der Waals surface area (Å²) in [6.07, 6.45) is 1.46. The summed E-state index contributed by atoms with van der Waals surface area (Å²) < 4.78 is 10.1. The first-order valence-electron chi connectivity index (χ1n) is 10.8. The van der Waals surface area contributed by atoms with Crippen molar-refractivity contribution in [3.05, 3.63) is 106 Å². The molecule has 184 valence electrons. The van der Waals surface area contributed by atoms with Crippen molar-refractivity contribution >= 4 is 41.2 Å². The van der Waals surface area contributed by atoms with Gasteiger partial charge in [0.05, 0.1) is 7.11 Å². The van der Waals surface area contributed by atoms with Crippen molar-refractivity contribution in [1.82, 2.24) is 10.6 Å². The Morgan fingerprint density at radius 1 is 0.861 bits per heavy atom. The quantitative estimate of drug-likeness (QED) is 0.247. The highest BCUT2D eigenvalue weighted by Gasteiger charge is 2.17. The fourth-order valence-electron chi connectivity index (χ4n) is 2.97. The lowest BCUT2D eigenvalue weighted by Gasteiger charge is -2.11. The first kappa shape index (κ1) is 26.2.